The Morgan fingerprint density at radius 1 is 1.04 bits per heavy atom. The number of hydrogen-bond acceptors (Lipinski definition) is 12. The molecular formula is C27H49BN3O12PS. The van der Waals surface area contributed by atoms with Crippen molar-refractivity contribution in [1.29, 1.82) is 0 Å². The maximum Gasteiger partial charge on any atom is 0.472 e. The molecule has 258 valence electrons. The number of methoxy groups -OCH3 is 1. The molecule has 0 aromatic heterocycles. The van der Waals surface area contributed by atoms with E-state index in [1.807, 2.05) is 12.2 Å². The van der Waals surface area contributed by atoms with Gasteiger partial charge in [0.25, 0.3) is 0 Å². The molecule has 0 aromatic carbocycles. The Bertz CT molecular complexity index is 972. The fourth-order valence-corrected chi connectivity index (χ4v) is 5.91. The molecule has 7 N–H and O–H groups in total. The van der Waals surface area contributed by atoms with Crippen LogP contribution in [0.1, 0.15) is 45.4 Å². The molecule has 0 aromatic rings. The fraction of sp³-hybridized carbons (Fsp3) is 0.852. The lowest BCUT2D eigenvalue weighted by Crippen LogP contribution is -2.64. The summed E-state index contributed by atoms with van der Waals surface area (Å²) in [6.07, 6.45) is 2.47. The molecule has 45 heavy (non-hydrogen) atoms. The zero-order chi connectivity index (χ0) is 33.4. The first-order valence-electron chi connectivity index (χ1n) is 15.1. The average Bonchev–Trinajstić information content (AvgIpc) is 3.27. The van der Waals surface area contributed by atoms with Crippen molar-refractivity contribution in [3.05, 3.63) is 12.2 Å². The largest absolute Gasteiger partial charge is 0.472 e. The summed E-state index contributed by atoms with van der Waals surface area (Å²) in [5.41, 5.74) is 0. The lowest BCUT2D eigenvalue weighted by atomic mass is 9.82. The van der Waals surface area contributed by atoms with Gasteiger partial charge in [-0.25, -0.2) is 4.57 Å². The topological polar surface area (TPSA) is 207 Å². The zero-order valence-corrected chi connectivity index (χ0v) is 27.8. The van der Waals surface area contributed by atoms with Gasteiger partial charge in [0.2, 0.25) is 5.91 Å². The minimum absolute atomic E-state index is 0.169. The maximum absolute atomic E-state index is 12.0. The van der Waals surface area contributed by atoms with Crippen molar-refractivity contribution in [3.63, 3.8) is 0 Å². The van der Waals surface area contributed by atoms with Crippen molar-refractivity contribution in [2.75, 3.05) is 47.1 Å². The van der Waals surface area contributed by atoms with Crippen LogP contribution in [-0.2, 0) is 37.4 Å². The summed E-state index contributed by atoms with van der Waals surface area (Å²) < 4.78 is 43.9. The molecular weight excluding hydrogens is 632 g/mol. The third-order valence-corrected chi connectivity index (χ3v) is 8.67. The average molecular weight is 682 g/mol. The Morgan fingerprint density at radius 2 is 1.73 bits per heavy atom. The van der Waals surface area contributed by atoms with Crippen LogP contribution in [0, 0.1) is 5.92 Å². The van der Waals surface area contributed by atoms with E-state index in [-0.39, 0.29) is 19.1 Å². The van der Waals surface area contributed by atoms with Gasteiger partial charge in [-0.1, -0.05) is 12.2 Å². The molecule has 2 aliphatic rings. The zero-order valence-electron chi connectivity index (χ0n) is 26.1. The molecule has 2 aliphatic heterocycles. The number of carbonyl (C=O) groups excluding carboxylic acids is 1. The van der Waals surface area contributed by atoms with Crippen molar-refractivity contribution in [2.45, 2.75) is 94.3 Å². The number of allylic oxidation sites excluding steroid dienone is 2. The molecule has 2 rings (SSSR count). The molecule has 2 saturated heterocycles. The first kappa shape index (κ1) is 40.0. The number of phosphoric acid groups is 1. The second kappa shape index (κ2) is 20.9. The molecule has 15 nitrogen and oxygen atoms in total. The van der Waals surface area contributed by atoms with Crippen LogP contribution in [0.15, 0.2) is 12.2 Å². The molecule has 18 heteroatoms. The summed E-state index contributed by atoms with van der Waals surface area (Å²) in [7, 11) is 4.48. The third kappa shape index (κ3) is 13.8. The number of amides is 1. The van der Waals surface area contributed by atoms with E-state index in [0.717, 1.165) is 32.8 Å². The van der Waals surface area contributed by atoms with Crippen LogP contribution >= 0.6 is 20.0 Å². The van der Waals surface area contributed by atoms with E-state index < -0.39 is 69.2 Å². The van der Waals surface area contributed by atoms with Crippen LogP contribution in [0.3, 0.4) is 0 Å². The molecule has 0 spiro atoms. The van der Waals surface area contributed by atoms with Gasteiger partial charge >= 0.3 is 7.82 Å². The van der Waals surface area contributed by atoms with E-state index in [4.69, 9.17) is 43.5 Å². The van der Waals surface area contributed by atoms with Gasteiger partial charge in [-0.3, -0.25) is 13.8 Å². The molecule has 1 amide bonds. The second-order valence-corrected chi connectivity index (χ2v) is 12.8. The van der Waals surface area contributed by atoms with E-state index in [1.165, 1.54) is 14.0 Å². The molecule has 0 saturated carbocycles. The lowest BCUT2D eigenvalue weighted by Gasteiger charge is -2.42. The fourth-order valence-electron chi connectivity index (χ4n) is 5.02. The summed E-state index contributed by atoms with van der Waals surface area (Å²) in [5.74, 6) is -0.745. The molecule has 10 atom stereocenters. The summed E-state index contributed by atoms with van der Waals surface area (Å²) >= 11 is 5.32. The lowest BCUT2D eigenvalue weighted by molar-refractivity contribution is -0.270. The molecule has 0 bridgehead atoms. The number of phosphoric ester groups is 1. The molecule has 2 unspecified atom stereocenters. The minimum atomic E-state index is -4.23. The van der Waals surface area contributed by atoms with Crippen molar-refractivity contribution in [1.82, 2.24) is 16.0 Å². The predicted octanol–water partition coefficient (Wildman–Crippen LogP) is -0.404. The monoisotopic (exact) mass is 681 g/mol. The van der Waals surface area contributed by atoms with Gasteiger partial charge in [0, 0.05) is 52.8 Å². The van der Waals surface area contributed by atoms with Gasteiger partial charge in [0.1, 0.15) is 44.4 Å². The highest BCUT2D eigenvalue weighted by Gasteiger charge is 2.46. The van der Waals surface area contributed by atoms with Gasteiger partial charge in [-0.05, 0) is 50.7 Å². The number of nitrogens with one attached hydrogen (secondary N) is 3. The first-order valence-corrected chi connectivity index (χ1v) is 17.0. The maximum atomic E-state index is 12.0. The number of aliphatic hydroxyl groups excluding tert-OH is 3. The van der Waals surface area contributed by atoms with Gasteiger partial charge in [-0.15, -0.1) is 0 Å². The van der Waals surface area contributed by atoms with Crippen molar-refractivity contribution >= 4 is 38.9 Å². The number of carbonyl (C=O) groups is 1. The van der Waals surface area contributed by atoms with E-state index in [1.54, 1.807) is 0 Å². The quantitative estimate of drug-likeness (QED) is 0.0287. The predicted molar refractivity (Wildman–Crippen MR) is 168 cm³/mol. The summed E-state index contributed by atoms with van der Waals surface area (Å²) in [4.78, 5) is 21.3. The highest BCUT2D eigenvalue weighted by molar-refractivity contribution is 7.80. The number of hydrogen-bond donors (Lipinski definition) is 7. The van der Waals surface area contributed by atoms with Gasteiger partial charge in [0.05, 0.1) is 13.2 Å². The van der Waals surface area contributed by atoms with Crippen LogP contribution in [-0.4, -0.2) is 135 Å². The van der Waals surface area contributed by atoms with E-state index in [0.29, 0.717) is 31.0 Å². The Morgan fingerprint density at radius 3 is 2.36 bits per heavy atom. The smallest absolute Gasteiger partial charge is 0.394 e. The molecule has 2 fully saturated rings. The van der Waals surface area contributed by atoms with Crippen LogP contribution < -0.4 is 16.0 Å². The van der Waals surface area contributed by atoms with E-state index >= 15 is 0 Å². The highest BCUT2D eigenvalue weighted by atomic mass is 32.1. The van der Waals surface area contributed by atoms with Crippen LogP contribution in [0.5, 0.6) is 0 Å². The third-order valence-electron chi connectivity index (χ3n) is 7.41. The summed E-state index contributed by atoms with van der Waals surface area (Å²) in [5, 5.41) is 39.1. The minimum Gasteiger partial charge on any atom is -0.394 e. The van der Waals surface area contributed by atoms with Crippen LogP contribution in [0.4, 0.5) is 0 Å². The second-order valence-electron chi connectivity index (χ2n) is 10.9. The Balaban J connectivity index is 1.58. The molecule has 0 aliphatic carbocycles. The standard InChI is InChI=1S/C27H49BN3O12PS/c1-17(33)31-21-23(35)22(34)19(15-32)42-26(21)40-14-10-9-13-30-27(45)29-12-8-6-4-5-7-11-18-24(43-44(36,37)39-3)20(16-38-2)41-25(18)28/h5,7,18-26,32,34-35H,4,6,8-16H2,1-3H3,(H,31,33)(H,36,37)(H2,29,30,45)/b7-5+/t18?,19-,20-,21-,22+,23-,24-,25-,26-/m1/s1. The highest BCUT2D eigenvalue weighted by Crippen LogP contribution is 2.48. The molecule has 2 heterocycles. The number of unbranched alkanes of at least 4 members (excludes halogenated alkanes) is 3. The number of thiocarbonyl (C=S) groups is 1. The van der Waals surface area contributed by atoms with Crippen LogP contribution in [0.25, 0.3) is 0 Å². The Hall–Kier alpha value is -1.21. The van der Waals surface area contributed by atoms with Crippen molar-refractivity contribution < 1.29 is 57.6 Å². The Labute approximate surface area is 271 Å². The summed E-state index contributed by atoms with van der Waals surface area (Å²) in [6, 6.07) is -1.63. The van der Waals surface area contributed by atoms with Crippen molar-refractivity contribution in [2.24, 2.45) is 5.92 Å². The van der Waals surface area contributed by atoms with E-state index in [2.05, 4.69) is 20.5 Å². The first-order chi connectivity index (χ1) is 21.4. The van der Waals surface area contributed by atoms with Gasteiger partial charge in [-0.2, -0.15) is 0 Å². The SMILES string of the molecule is [B][C@@H]1O[C@H](COC)[C@H](OP(=O)(O)OC)C1C/C=C/CCCCNC(=S)NCCCCO[C@@H]1O[C@H](CO)[C@H](O)[C@H](O)[C@H]1NC(C)=O. The molecule has 2 radical (unpaired) electrons. The van der Waals surface area contributed by atoms with Gasteiger partial charge in [0.15, 0.2) is 11.4 Å². The van der Waals surface area contributed by atoms with E-state index in [9.17, 15) is 29.6 Å². The normalized spacial score (nSPS) is 31.5. The van der Waals surface area contributed by atoms with Gasteiger partial charge < -0.3 is 55.1 Å². The number of aliphatic hydroxyl groups is 3. The number of ether oxygens (including phenoxy) is 4. The van der Waals surface area contributed by atoms with Crippen molar-refractivity contribution in [3.8, 4) is 0 Å². The summed E-state index contributed by atoms with van der Waals surface area (Å²) in [6.45, 7) is 2.54. The van der Waals surface area contributed by atoms with Crippen LogP contribution in [0.2, 0.25) is 0 Å². The Kier molecular flexibility index (Phi) is 18.6. The number of rotatable bonds is 20.